The van der Waals surface area contributed by atoms with Gasteiger partial charge >= 0.3 is 0 Å². The lowest BCUT2D eigenvalue weighted by Crippen LogP contribution is -2.49. The normalized spacial score (nSPS) is 17.7. The van der Waals surface area contributed by atoms with Gasteiger partial charge in [0.2, 0.25) is 0 Å². The van der Waals surface area contributed by atoms with Gasteiger partial charge < -0.3 is 14.8 Å². The number of carbonyl (C=O) groups is 1. The van der Waals surface area contributed by atoms with Crippen LogP contribution >= 0.6 is 35.6 Å². The number of aryl methyl sites for hydroxylation is 1. The van der Waals surface area contributed by atoms with E-state index in [0.717, 1.165) is 12.4 Å². The van der Waals surface area contributed by atoms with Crippen LogP contribution in [0, 0.1) is 0 Å². The minimum absolute atomic E-state index is 0. The van der Waals surface area contributed by atoms with Gasteiger partial charge in [-0.05, 0) is 18.2 Å². The van der Waals surface area contributed by atoms with Crippen molar-refractivity contribution in [3.05, 3.63) is 52.0 Å². The van der Waals surface area contributed by atoms with E-state index < -0.39 is 0 Å². The second-order valence-corrected chi connectivity index (χ2v) is 6.06. The molecule has 1 saturated heterocycles. The number of carbonyl (C=O) groups excluding carboxylic acids is 1. The van der Waals surface area contributed by atoms with Gasteiger partial charge in [-0.15, -0.1) is 12.4 Å². The zero-order valence-electron chi connectivity index (χ0n) is 12.5. The second kappa shape index (κ2) is 7.53. The molecular weight excluding hydrogens is 359 g/mol. The van der Waals surface area contributed by atoms with Crippen LogP contribution in [0.25, 0.3) is 0 Å². The van der Waals surface area contributed by atoms with Crippen molar-refractivity contribution in [3.63, 3.8) is 0 Å². The smallest absolute Gasteiger partial charge is 0.254 e. The summed E-state index contributed by atoms with van der Waals surface area (Å²) in [6, 6.07) is 4.86. The maximum Gasteiger partial charge on any atom is 0.254 e. The SMILES string of the molecule is Cl.Cn1ccnc1C1CNCCN1C(=O)c1ccc(Cl)c(Cl)c1. The summed E-state index contributed by atoms with van der Waals surface area (Å²) in [5, 5.41) is 4.14. The average Bonchev–Trinajstić information content (AvgIpc) is 2.95. The van der Waals surface area contributed by atoms with Crippen LogP contribution in [0.4, 0.5) is 0 Å². The maximum absolute atomic E-state index is 12.8. The molecule has 8 heteroatoms. The van der Waals surface area contributed by atoms with E-state index >= 15 is 0 Å². The molecule has 1 atom stereocenters. The topological polar surface area (TPSA) is 50.2 Å². The molecule has 0 spiro atoms. The van der Waals surface area contributed by atoms with Crippen molar-refractivity contribution >= 4 is 41.5 Å². The summed E-state index contributed by atoms with van der Waals surface area (Å²) in [6.07, 6.45) is 3.62. The number of amides is 1. The Bertz CT molecular complexity index is 704. The zero-order chi connectivity index (χ0) is 15.7. The summed E-state index contributed by atoms with van der Waals surface area (Å²) < 4.78 is 1.94. The van der Waals surface area contributed by atoms with Gasteiger partial charge in [-0.3, -0.25) is 4.79 Å². The Morgan fingerprint density at radius 1 is 1.35 bits per heavy atom. The van der Waals surface area contributed by atoms with Gasteiger partial charge in [-0.25, -0.2) is 4.98 Å². The third kappa shape index (κ3) is 3.63. The highest BCUT2D eigenvalue weighted by molar-refractivity contribution is 6.42. The predicted octanol–water partition coefficient (Wildman–Crippen LogP) is 2.94. The molecule has 0 aliphatic carbocycles. The third-order valence-corrected chi connectivity index (χ3v) is 4.57. The maximum atomic E-state index is 12.8. The first-order chi connectivity index (χ1) is 10.6. The van der Waals surface area contributed by atoms with Crippen LogP contribution in [0.15, 0.2) is 30.6 Å². The molecule has 3 rings (SSSR count). The predicted molar refractivity (Wildman–Crippen MR) is 93.6 cm³/mol. The third-order valence-electron chi connectivity index (χ3n) is 3.83. The van der Waals surface area contributed by atoms with Gasteiger partial charge in [0.25, 0.3) is 5.91 Å². The minimum atomic E-state index is -0.101. The molecule has 0 saturated carbocycles. The molecule has 1 aromatic carbocycles. The van der Waals surface area contributed by atoms with Crippen molar-refractivity contribution in [2.45, 2.75) is 6.04 Å². The van der Waals surface area contributed by atoms with E-state index in [0.29, 0.717) is 28.7 Å². The first-order valence-corrected chi connectivity index (χ1v) is 7.77. The summed E-state index contributed by atoms with van der Waals surface area (Å²) >= 11 is 11.9. The van der Waals surface area contributed by atoms with E-state index in [2.05, 4.69) is 10.3 Å². The number of aromatic nitrogens is 2. The van der Waals surface area contributed by atoms with Gasteiger partial charge in [-0.1, -0.05) is 23.2 Å². The fraction of sp³-hybridized carbons (Fsp3) is 0.333. The molecule has 1 fully saturated rings. The molecule has 1 N–H and O–H groups in total. The molecule has 1 unspecified atom stereocenters. The van der Waals surface area contributed by atoms with Gasteiger partial charge in [0.1, 0.15) is 11.9 Å². The Balaban J connectivity index is 0.00000192. The quantitative estimate of drug-likeness (QED) is 0.878. The lowest BCUT2D eigenvalue weighted by molar-refractivity contribution is 0.0621. The highest BCUT2D eigenvalue weighted by atomic mass is 35.5. The molecule has 1 aromatic heterocycles. The van der Waals surface area contributed by atoms with Crippen molar-refractivity contribution < 1.29 is 4.79 Å². The number of halogens is 3. The summed E-state index contributed by atoms with van der Waals surface area (Å²) in [7, 11) is 1.93. The Morgan fingerprint density at radius 2 is 2.13 bits per heavy atom. The molecule has 23 heavy (non-hydrogen) atoms. The van der Waals surface area contributed by atoms with Crippen LogP contribution in [-0.2, 0) is 7.05 Å². The fourth-order valence-corrected chi connectivity index (χ4v) is 2.97. The van der Waals surface area contributed by atoms with Crippen LogP contribution < -0.4 is 5.32 Å². The number of piperazine rings is 1. The second-order valence-electron chi connectivity index (χ2n) is 5.24. The van der Waals surface area contributed by atoms with E-state index in [1.54, 1.807) is 24.4 Å². The van der Waals surface area contributed by atoms with E-state index in [-0.39, 0.29) is 24.4 Å². The van der Waals surface area contributed by atoms with Crippen LogP contribution in [0.3, 0.4) is 0 Å². The number of imidazole rings is 1. The van der Waals surface area contributed by atoms with E-state index in [1.165, 1.54) is 0 Å². The standard InChI is InChI=1S/C15H16Cl2N4O.ClH/c1-20-6-5-19-14(20)13-9-18-4-7-21(13)15(22)10-2-3-11(16)12(17)8-10;/h2-3,5-6,8,13,18H,4,7,9H2,1H3;1H. The van der Waals surface area contributed by atoms with Gasteiger partial charge in [0, 0.05) is 44.6 Å². The Labute approximate surface area is 151 Å². The van der Waals surface area contributed by atoms with Gasteiger partial charge in [-0.2, -0.15) is 0 Å². The monoisotopic (exact) mass is 374 g/mol. The number of nitrogens with zero attached hydrogens (tertiary/aromatic N) is 3. The van der Waals surface area contributed by atoms with Crippen LogP contribution in [0.1, 0.15) is 22.2 Å². The lowest BCUT2D eigenvalue weighted by Gasteiger charge is -2.35. The summed E-state index contributed by atoms with van der Waals surface area (Å²) in [6.45, 7) is 2.06. The highest BCUT2D eigenvalue weighted by Gasteiger charge is 2.31. The van der Waals surface area contributed by atoms with Crippen molar-refractivity contribution in [3.8, 4) is 0 Å². The summed E-state index contributed by atoms with van der Waals surface area (Å²) in [5.74, 6) is 0.800. The van der Waals surface area contributed by atoms with E-state index in [1.807, 2.05) is 22.7 Å². The molecular formula is C15H17Cl3N4O. The highest BCUT2D eigenvalue weighted by Crippen LogP contribution is 2.26. The van der Waals surface area contributed by atoms with Crippen molar-refractivity contribution in [1.29, 1.82) is 0 Å². The summed E-state index contributed by atoms with van der Waals surface area (Å²) in [4.78, 5) is 19.1. The Morgan fingerprint density at radius 3 is 2.78 bits per heavy atom. The van der Waals surface area contributed by atoms with Crippen molar-refractivity contribution in [1.82, 2.24) is 19.8 Å². The van der Waals surface area contributed by atoms with E-state index in [9.17, 15) is 4.79 Å². The number of rotatable bonds is 2. The molecule has 0 radical (unpaired) electrons. The minimum Gasteiger partial charge on any atom is -0.336 e. The molecule has 2 heterocycles. The summed E-state index contributed by atoms with van der Waals surface area (Å²) in [5.41, 5.74) is 0.538. The first-order valence-electron chi connectivity index (χ1n) is 7.02. The van der Waals surface area contributed by atoms with Crippen LogP contribution in [-0.4, -0.2) is 40.0 Å². The molecule has 2 aromatic rings. The molecule has 124 valence electrons. The number of nitrogens with one attached hydrogen (secondary N) is 1. The average molecular weight is 376 g/mol. The zero-order valence-corrected chi connectivity index (χ0v) is 14.8. The first kappa shape index (κ1) is 18.1. The Kier molecular flexibility index (Phi) is 5.92. The Hall–Kier alpha value is -1.27. The van der Waals surface area contributed by atoms with Crippen molar-refractivity contribution in [2.75, 3.05) is 19.6 Å². The van der Waals surface area contributed by atoms with E-state index in [4.69, 9.17) is 23.2 Å². The molecule has 1 aliphatic heterocycles. The lowest BCUT2D eigenvalue weighted by atomic mass is 10.1. The van der Waals surface area contributed by atoms with Gasteiger partial charge in [0.15, 0.2) is 0 Å². The number of benzene rings is 1. The molecule has 1 aliphatic rings. The van der Waals surface area contributed by atoms with Gasteiger partial charge in [0.05, 0.1) is 10.0 Å². The largest absolute Gasteiger partial charge is 0.336 e. The van der Waals surface area contributed by atoms with Crippen LogP contribution in [0.2, 0.25) is 10.0 Å². The molecule has 0 bridgehead atoms. The van der Waals surface area contributed by atoms with Crippen LogP contribution in [0.5, 0.6) is 0 Å². The number of hydrogen-bond acceptors (Lipinski definition) is 3. The van der Waals surface area contributed by atoms with Crippen molar-refractivity contribution in [2.24, 2.45) is 7.05 Å². The number of hydrogen-bond donors (Lipinski definition) is 1. The molecule has 1 amide bonds. The molecule has 5 nitrogen and oxygen atoms in total. The fourth-order valence-electron chi connectivity index (χ4n) is 2.67.